The Kier molecular flexibility index (Phi) is 10.7. The van der Waals surface area contributed by atoms with E-state index in [0.717, 1.165) is 25.9 Å². The third-order valence-electron chi connectivity index (χ3n) is 4.60. The van der Waals surface area contributed by atoms with Gasteiger partial charge in [0.25, 0.3) is 0 Å². The predicted octanol–water partition coefficient (Wildman–Crippen LogP) is 5.14. The second kappa shape index (κ2) is 12.2. The van der Waals surface area contributed by atoms with Crippen molar-refractivity contribution in [3.05, 3.63) is 0 Å². The van der Waals surface area contributed by atoms with Gasteiger partial charge in [-0.05, 0) is 38.9 Å². The van der Waals surface area contributed by atoms with Crippen LogP contribution in [0.25, 0.3) is 0 Å². The highest BCUT2D eigenvalue weighted by atomic mass is 15.1. The zero-order chi connectivity index (χ0) is 14.5. The lowest BCUT2D eigenvalue weighted by Crippen LogP contribution is -2.33. The lowest BCUT2D eigenvalue weighted by atomic mass is 9.98. The van der Waals surface area contributed by atoms with Gasteiger partial charge in [-0.15, -0.1) is 0 Å². The Morgan fingerprint density at radius 3 is 1.85 bits per heavy atom. The van der Waals surface area contributed by atoms with Crippen molar-refractivity contribution in [3.63, 3.8) is 0 Å². The lowest BCUT2D eigenvalue weighted by molar-refractivity contribution is 0.202. The molecule has 0 aromatic rings. The molecule has 0 aromatic heterocycles. The van der Waals surface area contributed by atoms with Gasteiger partial charge in [0.05, 0.1) is 6.07 Å². The van der Waals surface area contributed by atoms with Crippen molar-refractivity contribution in [2.24, 2.45) is 5.92 Å². The first-order valence-corrected chi connectivity index (χ1v) is 8.98. The van der Waals surface area contributed by atoms with Gasteiger partial charge in [-0.1, -0.05) is 64.7 Å². The first-order chi connectivity index (χ1) is 9.86. The predicted molar refractivity (Wildman–Crippen MR) is 86.6 cm³/mol. The van der Waals surface area contributed by atoms with E-state index in [1.807, 2.05) is 0 Å². The van der Waals surface area contributed by atoms with E-state index in [9.17, 15) is 0 Å². The molecule has 1 saturated heterocycles. The van der Waals surface area contributed by atoms with Gasteiger partial charge in [0.1, 0.15) is 0 Å². The Morgan fingerprint density at radius 1 is 0.850 bits per heavy atom. The molecular formula is C18H34N2. The highest BCUT2D eigenvalue weighted by Crippen LogP contribution is 2.17. The SMILES string of the molecule is CCCCCCCCCCCCN1CCC(C#N)CC1. The molecule has 0 saturated carbocycles. The molecule has 1 heterocycles. The number of rotatable bonds is 11. The van der Waals surface area contributed by atoms with E-state index in [-0.39, 0.29) is 0 Å². The fraction of sp³-hybridized carbons (Fsp3) is 0.944. The average molecular weight is 278 g/mol. The average Bonchev–Trinajstić information content (AvgIpc) is 2.50. The molecule has 116 valence electrons. The highest BCUT2D eigenvalue weighted by molar-refractivity contribution is 4.87. The van der Waals surface area contributed by atoms with E-state index >= 15 is 0 Å². The fourth-order valence-electron chi connectivity index (χ4n) is 3.11. The smallest absolute Gasteiger partial charge is 0.0656 e. The van der Waals surface area contributed by atoms with Crippen LogP contribution in [0.1, 0.15) is 84.0 Å². The molecule has 2 heteroatoms. The highest BCUT2D eigenvalue weighted by Gasteiger charge is 2.17. The van der Waals surface area contributed by atoms with Crippen molar-refractivity contribution >= 4 is 0 Å². The van der Waals surface area contributed by atoms with Crippen molar-refractivity contribution in [1.82, 2.24) is 4.90 Å². The van der Waals surface area contributed by atoms with Crippen LogP contribution in [0.5, 0.6) is 0 Å². The van der Waals surface area contributed by atoms with Gasteiger partial charge in [-0.25, -0.2) is 0 Å². The van der Waals surface area contributed by atoms with Crippen LogP contribution < -0.4 is 0 Å². The quantitative estimate of drug-likeness (QED) is 0.489. The first-order valence-electron chi connectivity index (χ1n) is 8.98. The summed E-state index contributed by atoms with van der Waals surface area (Å²) in [4.78, 5) is 2.55. The van der Waals surface area contributed by atoms with Gasteiger partial charge >= 0.3 is 0 Å². The summed E-state index contributed by atoms with van der Waals surface area (Å²) in [6, 6.07) is 2.41. The molecule has 1 aliphatic rings. The summed E-state index contributed by atoms with van der Waals surface area (Å²) in [5, 5.41) is 8.87. The normalized spacial score (nSPS) is 17.2. The van der Waals surface area contributed by atoms with Crippen LogP contribution in [0.15, 0.2) is 0 Å². The zero-order valence-electron chi connectivity index (χ0n) is 13.6. The molecule has 0 N–H and O–H groups in total. The van der Waals surface area contributed by atoms with Crippen molar-refractivity contribution in [2.75, 3.05) is 19.6 Å². The summed E-state index contributed by atoms with van der Waals surface area (Å²) >= 11 is 0. The number of unbranched alkanes of at least 4 members (excludes halogenated alkanes) is 9. The fourth-order valence-corrected chi connectivity index (χ4v) is 3.11. The van der Waals surface area contributed by atoms with Crippen LogP contribution in [0.3, 0.4) is 0 Å². The van der Waals surface area contributed by atoms with Crippen molar-refractivity contribution in [1.29, 1.82) is 5.26 Å². The molecule has 1 fully saturated rings. The van der Waals surface area contributed by atoms with Gasteiger partial charge in [0.2, 0.25) is 0 Å². The number of hydrogen-bond acceptors (Lipinski definition) is 2. The van der Waals surface area contributed by atoms with Gasteiger partial charge in [-0.3, -0.25) is 0 Å². The number of likely N-dealkylation sites (tertiary alicyclic amines) is 1. The lowest BCUT2D eigenvalue weighted by Gasteiger charge is -2.28. The van der Waals surface area contributed by atoms with Gasteiger partial charge in [0, 0.05) is 5.92 Å². The molecule has 0 amide bonds. The first kappa shape index (κ1) is 17.5. The Balaban J connectivity index is 1.80. The third-order valence-corrected chi connectivity index (χ3v) is 4.60. The summed E-state index contributed by atoms with van der Waals surface area (Å²) in [6.07, 6.45) is 16.3. The molecule has 1 aliphatic heterocycles. The maximum atomic E-state index is 8.87. The molecule has 1 rings (SSSR count). The van der Waals surface area contributed by atoms with Crippen molar-refractivity contribution in [3.8, 4) is 6.07 Å². The summed E-state index contributed by atoms with van der Waals surface area (Å²) in [5.74, 6) is 0.332. The number of nitriles is 1. The summed E-state index contributed by atoms with van der Waals surface area (Å²) < 4.78 is 0. The third kappa shape index (κ3) is 8.59. The van der Waals surface area contributed by atoms with E-state index < -0.39 is 0 Å². The molecule has 0 aliphatic carbocycles. The molecule has 0 bridgehead atoms. The van der Waals surface area contributed by atoms with Crippen LogP contribution in [-0.4, -0.2) is 24.5 Å². The zero-order valence-corrected chi connectivity index (χ0v) is 13.6. The number of piperidine rings is 1. The van der Waals surface area contributed by atoms with Crippen LogP contribution in [0.4, 0.5) is 0 Å². The minimum Gasteiger partial charge on any atom is -0.303 e. The standard InChI is InChI=1S/C18H34N2/c1-2-3-4-5-6-7-8-9-10-11-14-20-15-12-18(17-19)13-16-20/h18H,2-16H2,1H3. The summed E-state index contributed by atoms with van der Waals surface area (Å²) in [7, 11) is 0. The van der Waals surface area contributed by atoms with Gasteiger partial charge < -0.3 is 4.90 Å². The van der Waals surface area contributed by atoms with Crippen LogP contribution in [0, 0.1) is 17.2 Å². The topological polar surface area (TPSA) is 27.0 Å². The number of nitrogens with zero attached hydrogens (tertiary/aromatic N) is 2. The largest absolute Gasteiger partial charge is 0.303 e. The molecule has 0 unspecified atom stereocenters. The van der Waals surface area contributed by atoms with Crippen molar-refractivity contribution < 1.29 is 0 Å². The maximum absolute atomic E-state index is 8.87. The molecule has 0 spiro atoms. The van der Waals surface area contributed by atoms with E-state index in [0.29, 0.717) is 5.92 Å². The minimum atomic E-state index is 0.332. The van der Waals surface area contributed by atoms with E-state index in [1.54, 1.807) is 0 Å². The van der Waals surface area contributed by atoms with E-state index in [4.69, 9.17) is 5.26 Å². The Hall–Kier alpha value is -0.550. The molecule has 20 heavy (non-hydrogen) atoms. The molecule has 0 aromatic carbocycles. The van der Waals surface area contributed by atoms with Crippen LogP contribution >= 0.6 is 0 Å². The van der Waals surface area contributed by atoms with Crippen LogP contribution in [0.2, 0.25) is 0 Å². The second-order valence-electron chi connectivity index (χ2n) is 6.43. The molecule has 0 radical (unpaired) electrons. The molecule has 0 atom stereocenters. The molecular weight excluding hydrogens is 244 g/mol. The summed E-state index contributed by atoms with van der Waals surface area (Å²) in [5.41, 5.74) is 0. The monoisotopic (exact) mass is 278 g/mol. The Bertz CT molecular complexity index is 249. The van der Waals surface area contributed by atoms with Crippen LogP contribution in [-0.2, 0) is 0 Å². The van der Waals surface area contributed by atoms with Gasteiger partial charge in [0.15, 0.2) is 0 Å². The minimum absolute atomic E-state index is 0.332. The summed E-state index contributed by atoms with van der Waals surface area (Å²) in [6.45, 7) is 5.84. The van der Waals surface area contributed by atoms with Crippen molar-refractivity contribution in [2.45, 2.75) is 84.0 Å². The second-order valence-corrected chi connectivity index (χ2v) is 6.43. The Morgan fingerprint density at radius 2 is 1.35 bits per heavy atom. The number of hydrogen-bond donors (Lipinski definition) is 0. The Labute approximate surface area is 126 Å². The van der Waals surface area contributed by atoms with Gasteiger partial charge in [-0.2, -0.15) is 5.26 Å². The van der Waals surface area contributed by atoms with E-state index in [2.05, 4.69) is 17.9 Å². The molecule has 2 nitrogen and oxygen atoms in total. The maximum Gasteiger partial charge on any atom is 0.0656 e. The van der Waals surface area contributed by atoms with E-state index in [1.165, 1.54) is 70.8 Å².